The van der Waals surface area contributed by atoms with Gasteiger partial charge in [0.15, 0.2) is 11.6 Å². The Morgan fingerprint density at radius 1 is 0.950 bits per heavy atom. The third-order valence-electron chi connectivity index (χ3n) is 2.44. The second-order valence-corrected chi connectivity index (χ2v) is 3.95. The number of aromatic nitrogens is 6. The molecule has 2 rings (SSSR count). The van der Waals surface area contributed by atoms with Crippen LogP contribution in [0.2, 0.25) is 0 Å². The molecule has 2 heterocycles. The molecule has 0 aromatic carbocycles. The van der Waals surface area contributed by atoms with Gasteiger partial charge in [-0.05, 0) is 26.7 Å². The lowest BCUT2D eigenvalue weighted by Gasteiger charge is -1.92. The average molecular weight is 278 g/mol. The minimum atomic E-state index is -0.381. The highest BCUT2D eigenvalue weighted by Crippen LogP contribution is 1.89. The minimum Gasteiger partial charge on any atom is -0.244 e. The van der Waals surface area contributed by atoms with E-state index in [1.54, 1.807) is 26.3 Å². The van der Waals surface area contributed by atoms with E-state index in [0.29, 0.717) is 24.5 Å². The van der Waals surface area contributed by atoms with Gasteiger partial charge in [0.2, 0.25) is 0 Å². The van der Waals surface area contributed by atoms with Crippen LogP contribution in [-0.4, -0.2) is 42.2 Å². The van der Waals surface area contributed by atoms with Crippen LogP contribution in [0.15, 0.2) is 19.8 Å². The fourth-order valence-corrected chi connectivity index (χ4v) is 1.44. The summed E-state index contributed by atoms with van der Waals surface area (Å²) in [7, 11) is 0. The van der Waals surface area contributed by atoms with Crippen molar-refractivity contribution in [3.63, 3.8) is 0 Å². The molecule has 0 amide bonds. The van der Waals surface area contributed by atoms with Crippen molar-refractivity contribution in [3.8, 4) is 0 Å². The first-order valence-corrected chi connectivity index (χ1v) is 5.93. The number of nitrogens with one attached hydrogen (secondary N) is 2. The average Bonchev–Trinajstić information content (AvgIpc) is 2.90. The normalized spacial score (nSPS) is 11.9. The number of hydrogen-bond donors (Lipinski definition) is 2. The molecule has 0 aliphatic carbocycles. The van der Waals surface area contributed by atoms with Gasteiger partial charge in [0.05, 0.1) is 0 Å². The first-order valence-electron chi connectivity index (χ1n) is 5.93. The zero-order valence-corrected chi connectivity index (χ0v) is 11.1. The van der Waals surface area contributed by atoms with Gasteiger partial charge in [-0.25, -0.2) is 19.8 Å². The van der Waals surface area contributed by atoms with Crippen molar-refractivity contribution in [2.24, 2.45) is 10.2 Å². The quantitative estimate of drug-likeness (QED) is 0.549. The van der Waals surface area contributed by atoms with Crippen molar-refractivity contribution < 1.29 is 0 Å². The van der Waals surface area contributed by atoms with Crippen LogP contribution in [0, 0.1) is 13.8 Å². The summed E-state index contributed by atoms with van der Waals surface area (Å²) in [6, 6.07) is 0. The summed E-state index contributed by atoms with van der Waals surface area (Å²) in [6.45, 7) is 3.34. The first-order chi connectivity index (χ1) is 9.59. The molecule has 0 radical (unpaired) electrons. The van der Waals surface area contributed by atoms with E-state index >= 15 is 0 Å². The van der Waals surface area contributed by atoms with Crippen LogP contribution < -0.4 is 11.4 Å². The Bertz CT molecular complexity index is 680. The minimum absolute atomic E-state index is 0.381. The van der Waals surface area contributed by atoms with Gasteiger partial charge in [-0.15, -0.1) is 0 Å². The molecule has 0 saturated carbocycles. The monoisotopic (exact) mass is 278 g/mol. The number of hydrogen-bond acceptors (Lipinski definition) is 6. The van der Waals surface area contributed by atoms with Crippen molar-refractivity contribution in [2.75, 3.05) is 0 Å². The number of aromatic amines is 2. The molecular weight excluding hydrogens is 264 g/mol. The number of unbranched alkanes of at least 4 members (excludes halogenated alkanes) is 1. The van der Waals surface area contributed by atoms with Crippen molar-refractivity contribution in [1.82, 2.24) is 29.7 Å². The van der Waals surface area contributed by atoms with E-state index in [-0.39, 0.29) is 11.4 Å². The Labute approximate surface area is 112 Å². The third kappa shape index (κ3) is 2.96. The zero-order valence-electron chi connectivity index (χ0n) is 11.1. The SMILES string of the molecule is Cc1n[nH]c(=O)n1N=CCC/C=N\n1c(C)n[nH]c1=O. The number of rotatable bonds is 5. The lowest BCUT2D eigenvalue weighted by molar-refractivity contribution is 0.790. The first kappa shape index (κ1) is 13.6. The second-order valence-electron chi connectivity index (χ2n) is 3.95. The molecule has 2 aromatic heterocycles. The maximum absolute atomic E-state index is 11.2. The van der Waals surface area contributed by atoms with E-state index in [2.05, 4.69) is 30.6 Å². The van der Waals surface area contributed by atoms with Gasteiger partial charge >= 0.3 is 11.4 Å². The molecule has 0 fully saturated rings. The summed E-state index contributed by atoms with van der Waals surface area (Å²) in [5.41, 5.74) is -0.763. The fraction of sp³-hybridized carbons (Fsp3) is 0.400. The Kier molecular flexibility index (Phi) is 4.03. The van der Waals surface area contributed by atoms with Gasteiger partial charge in [0, 0.05) is 12.4 Å². The van der Waals surface area contributed by atoms with Crippen LogP contribution in [0.5, 0.6) is 0 Å². The molecule has 2 N–H and O–H groups in total. The van der Waals surface area contributed by atoms with Crippen molar-refractivity contribution >= 4 is 12.4 Å². The summed E-state index contributed by atoms with van der Waals surface area (Å²) < 4.78 is 2.34. The molecule has 10 heteroatoms. The Morgan fingerprint density at radius 3 is 1.65 bits per heavy atom. The van der Waals surface area contributed by atoms with Crippen molar-refractivity contribution in [2.45, 2.75) is 26.7 Å². The predicted molar refractivity (Wildman–Crippen MR) is 72.2 cm³/mol. The van der Waals surface area contributed by atoms with E-state index in [9.17, 15) is 9.59 Å². The smallest absolute Gasteiger partial charge is 0.244 e. The molecule has 0 aliphatic rings. The molecule has 10 nitrogen and oxygen atoms in total. The molecule has 0 bridgehead atoms. The highest BCUT2D eigenvalue weighted by molar-refractivity contribution is 5.65. The van der Waals surface area contributed by atoms with E-state index in [0.717, 1.165) is 0 Å². The predicted octanol–water partition coefficient (Wildman–Crippen LogP) is -0.779. The maximum Gasteiger partial charge on any atom is 0.364 e. The summed E-state index contributed by atoms with van der Waals surface area (Å²) in [4.78, 5) is 22.5. The Morgan fingerprint density at radius 2 is 1.35 bits per heavy atom. The van der Waals surface area contributed by atoms with Gasteiger partial charge in [0.25, 0.3) is 0 Å². The molecule has 106 valence electrons. The summed E-state index contributed by atoms with van der Waals surface area (Å²) in [6.07, 6.45) is 4.32. The molecular formula is C10H14N8O2. The van der Waals surface area contributed by atoms with Crippen LogP contribution in [0.4, 0.5) is 0 Å². The van der Waals surface area contributed by atoms with Crippen molar-refractivity contribution in [3.05, 3.63) is 32.6 Å². The van der Waals surface area contributed by atoms with E-state index in [1.807, 2.05) is 0 Å². The van der Waals surface area contributed by atoms with E-state index in [1.165, 1.54) is 9.35 Å². The topological polar surface area (TPSA) is 126 Å². The van der Waals surface area contributed by atoms with Crippen LogP contribution >= 0.6 is 0 Å². The van der Waals surface area contributed by atoms with Crippen molar-refractivity contribution in [1.29, 1.82) is 0 Å². The number of aryl methyl sites for hydroxylation is 2. The van der Waals surface area contributed by atoms with Gasteiger partial charge in [0.1, 0.15) is 0 Å². The number of H-pyrrole nitrogens is 2. The highest BCUT2D eigenvalue weighted by Gasteiger charge is 2.00. The van der Waals surface area contributed by atoms with Gasteiger partial charge in [-0.1, -0.05) is 0 Å². The van der Waals surface area contributed by atoms with Crippen LogP contribution in [0.1, 0.15) is 24.5 Å². The highest BCUT2D eigenvalue weighted by atomic mass is 16.2. The molecule has 0 spiro atoms. The Balaban J connectivity index is 1.88. The fourth-order valence-electron chi connectivity index (χ4n) is 1.44. The zero-order chi connectivity index (χ0) is 14.5. The van der Waals surface area contributed by atoms with Gasteiger partial charge in [-0.3, -0.25) is 0 Å². The second kappa shape index (κ2) is 5.91. The lowest BCUT2D eigenvalue weighted by atomic mass is 10.3. The molecule has 2 aromatic rings. The molecule has 0 saturated heterocycles. The molecule has 20 heavy (non-hydrogen) atoms. The maximum atomic E-state index is 11.2. The van der Waals surface area contributed by atoms with Gasteiger partial charge < -0.3 is 0 Å². The van der Waals surface area contributed by atoms with E-state index < -0.39 is 0 Å². The van der Waals surface area contributed by atoms with Gasteiger partial charge in [-0.2, -0.15) is 29.8 Å². The van der Waals surface area contributed by atoms with E-state index in [4.69, 9.17) is 0 Å². The van der Waals surface area contributed by atoms with Crippen LogP contribution in [-0.2, 0) is 0 Å². The summed E-state index contributed by atoms with van der Waals surface area (Å²) in [5.74, 6) is 0.973. The Hall–Kier alpha value is -2.78. The molecule has 0 atom stereocenters. The number of nitrogens with zero attached hydrogens (tertiary/aromatic N) is 6. The summed E-state index contributed by atoms with van der Waals surface area (Å²) >= 11 is 0. The summed E-state index contributed by atoms with van der Waals surface area (Å²) in [5, 5.41) is 20.0. The molecule has 0 unspecified atom stereocenters. The lowest BCUT2D eigenvalue weighted by Crippen LogP contribution is -2.14. The molecule has 0 aliphatic heterocycles. The van der Waals surface area contributed by atoms with Crippen LogP contribution in [0.3, 0.4) is 0 Å². The standard InChI is InChI=1S/C10H14N8O2/c1-7-13-15-9(19)17(7)11-5-3-4-6-12-18-8(2)14-16-10(18)20/h5-6H,3-4H2,1-2H3,(H,15,19)(H,16,20)/b11-5-,12-6?. The van der Waals surface area contributed by atoms with Crippen LogP contribution in [0.25, 0.3) is 0 Å². The largest absolute Gasteiger partial charge is 0.364 e. The third-order valence-corrected chi connectivity index (χ3v) is 2.44.